The van der Waals surface area contributed by atoms with E-state index in [0.717, 1.165) is 52.6 Å². The van der Waals surface area contributed by atoms with Crippen LogP contribution in [0.5, 0.6) is 0 Å². The second-order valence-electron chi connectivity index (χ2n) is 8.59. The van der Waals surface area contributed by atoms with Crippen molar-refractivity contribution in [2.45, 2.75) is 52.4 Å². The molecule has 0 fully saturated rings. The van der Waals surface area contributed by atoms with Gasteiger partial charge in [0.15, 0.2) is 17.3 Å². The summed E-state index contributed by atoms with van der Waals surface area (Å²) >= 11 is 0. The highest BCUT2D eigenvalue weighted by atomic mass is 15.3. The second-order valence-corrected chi connectivity index (χ2v) is 8.59. The Morgan fingerprint density at radius 1 is 1.13 bits per heavy atom. The van der Waals surface area contributed by atoms with Crippen LogP contribution in [0.15, 0.2) is 41.9 Å². The average molecular weight is 417 g/mol. The van der Waals surface area contributed by atoms with Crippen molar-refractivity contribution >= 4 is 11.9 Å². The van der Waals surface area contributed by atoms with E-state index in [1.807, 2.05) is 22.9 Å². The molecule has 0 saturated heterocycles. The fourth-order valence-electron chi connectivity index (χ4n) is 3.57. The monoisotopic (exact) mass is 416 g/mol. The van der Waals surface area contributed by atoms with Gasteiger partial charge in [0.2, 0.25) is 0 Å². The van der Waals surface area contributed by atoms with Gasteiger partial charge < -0.3 is 0 Å². The molecule has 0 aliphatic heterocycles. The van der Waals surface area contributed by atoms with Crippen molar-refractivity contribution in [2.75, 3.05) is 7.05 Å². The molecule has 4 rings (SSSR count). The third kappa shape index (κ3) is 4.10. The van der Waals surface area contributed by atoms with Gasteiger partial charge >= 0.3 is 0 Å². The summed E-state index contributed by atoms with van der Waals surface area (Å²) in [5.41, 5.74) is 4.82. The third-order valence-corrected chi connectivity index (χ3v) is 5.10. The van der Waals surface area contributed by atoms with Crippen molar-refractivity contribution in [1.29, 1.82) is 0 Å². The summed E-state index contributed by atoms with van der Waals surface area (Å²) in [5.74, 6) is 1.58. The molecule has 0 aliphatic carbocycles. The molecule has 0 spiro atoms. The van der Waals surface area contributed by atoms with Crippen molar-refractivity contribution < 1.29 is 0 Å². The van der Waals surface area contributed by atoms with Crippen LogP contribution in [0.4, 0.5) is 0 Å². The van der Waals surface area contributed by atoms with Crippen LogP contribution in [-0.4, -0.2) is 47.6 Å². The summed E-state index contributed by atoms with van der Waals surface area (Å²) in [6.07, 6.45) is 9.65. The SMILES string of the molecule is CCCc1c(Cc2ccnn2-c2ncccc2C=NC)ncn2nc(C(C)(C)C)nc12. The number of pyridine rings is 1. The summed E-state index contributed by atoms with van der Waals surface area (Å²) in [4.78, 5) is 18.3. The number of fused-ring (bicyclic) bond motifs is 1. The van der Waals surface area contributed by atoms with Gasteiger partial charge in [-0.3, -0.25) is 4.99 Å². The molecule has 31 heavy (non-hydrogen) atoms. The van der Waals surface area contributed by atoms with E-state index in [-0.39, 0.29) is 5.41 Å². The fourth-order valence-corrected chi connectivity index (χ4v) is 3.57. The molecular formula is C23H28N8. The molecule has 4 aromatic rings. The van der Waals surface area contributed by atoms with Crippen LogP contribution >= 0.6 is 0 Å². The van der Waals surface area contributed by atoms with Crippen LogP contribution in [0.3, 0.4) is 0 Å². The molecule has 160 valence electrons. The average Bonchev–Trinajstić information content (AvgIpc) is 3.37. The van der Waals surface area contributed by atoms with E-state index in [4.69, 9.17) is 9.97 Å². The predicted octanol–water partition coefficient (Wildman–Crippen LogP) is 3.59. The van der Waals surface area contributed by atoms with Gasteiger partial charge in [-0.2, -0.15) is 5.10 Å². The molecular weight excluding hydrogens is 388 g/mol. The number of aliphatic imine (C=N–C) groups is 1. The fraction of sp³-hybridized carbons (Fsp3) is 0.391. The molecule has 0 atom stereocenters. The first kappa shape index (κ1) is 20.8. The zero-order valence-corrected chi connectivity index (χ0v) is 18.7. The van der Waals surface area contributed by atoms with Gasteiger partial charge in [0, 0.05) is 48.6 Å². The van der Waals surface area contributed by atoms with Gasteiger partial charge in [-0.15, -0.1) is 5.10 Å². The van der Waals surface area contributed by atoms with Crippen LogP contribution in [0, 0.1) is 0 Å². The van der Waals surface area contributed by atoms with Crippen LogP contribution in [0.25, 0.3) is 11.5 Å². The molecule has 0 amide bonds. The van der Waals surface area contributed by atoms with Gasteiger partial charge in [0.05, 0.1) is 11.4 Å². The number of hydrogen-bond acceptors (Lipinski definition) is 6. The third-order valence-electron chi connectivity index (χ3n) is 5.10. The van der Waals surface area contributed by atoms with Crippen LogP contribution < -0.4 is 0 Å². The number of hydrogen-bond donors (Lipinski definition) is 0. The minimum absolute atomic E-state index is 0.121. The predicted molar refractivity (Wildman–Crippen MR) is 121 cm³/mol. The normalized spacial score (nSPS) is 12.3. The summed E-state index contributed by atoms with van der Waals surface area (Å²) in [6.45, 7) is 8.54. The van der Waals surface area contributed by atoms with E-state index in [0.29, 0.717) is 6.42 Å². The second kappa shape index (κ2) is 8.37. The molecule has 8 nitrogen and oxygen atoms in total. The Bertz CT molecular complexity index is 1230. The minimum Gasteiger partial charge on any atom is -0.296 e. The Morgan fingerprint density at radius 2 is 1.97 bits per heavy atom. The van der Waals surface area contributed by atoms with Gasteiger partial charge in [0.25, 0.3) is 0 Å². The number of nitrogens with zero attached hydrogens (tertiary/aromatic N) is 8. The lowest BCUT2D eigenvalue weighted by molar-refractivity contribution is 0.545. The maximum absolute atomic E-state index is 4.87. The molecule has 4 aromatic heterocycles. The zero-order chi connectivity index (χ0) is 22.0. The van der Waals surface area contributed by atoms with Crippen molar-refractivity contribution in [2.24, 2.45) is 4.99 Å². The van der Waals surface area contributed by atoms with Crippen molar-refractivity contribution in [1.82, 2.24) is 34.3 Å². The Hall–Kier alpha value is -3.42. The lowest BCUT2D eigenvalue weighted by atomic mass is 9.96. The molecule has 4 heterocycles. The van der Waals surface area contributed by atoms with E-state index in [9.17, 15) is 0 Å². The first-order chi connectivity index (χ1) is 14.9. The maximum atomic E-state index is 4.87. The molecule has 8 heteroatoms. The standard InChI is InChI=1S/C23H28N8/c1-6-8-18-19(26-15-30-21(18)28-22(29-30)23(2,3)4)13-17-10-12-27-31(17)20-16(14-24-5)9-7-11-25-20/h7,9-12,14-15H,6,8,13H2,1-5H3. The van der Waals surface area contributed by atoms with E-state index in [1.54, 1.807) is 36.5 Å². The summed E-state index contributed by atoms with van der Waals surface area (Å²) < 4.78 is 3.67. The molecule has 0 unspecified atom stereocenters. The highest BCUT2D eigenvalue weighted by molar-refractivity contribution is 5.83. The lowest BCUT2D eigenvalue weighted by Crippen LogP contribution is -2.13. The quantitative estimate of drug-likeness (QED) is 0.448. The summed E-state index contributed by atoms with van der Waals surface area (Å²) in [5, 5.41) is 9.19. The Balaban J connectivity index is 1.79. The first-order valence-electron chi connectivity index (χ1n) is 10.6. The van der Waals surface area contributed by atoms with E-state index < -0.39 is 0 Å². The van der Waals surface area contributed by atoms with Gasteiger partial charge in [0.1, 0.15) is 6.33 Å². The van der Waals surface area contributed by atoms with Gasteiger partial charge in [-0.25, -0.2) is 24.1 Å². The lowest BCUT2D eigenvalue weighted by Gasteiger charge is -2.12. The van der Waals surface area contributed by atoms with E-state index >= 15 is 0 Å². The number of aryl methyl sites for hydroxylation is 1. The van der Waals surface area contributed by atoms with Crippen LogP contribution in [0.2, 0.25) is 0 Å². The smallest absolute Gasteiger partial charge is 0.162 e. The van der Waals surface area contributed by atoms with Gasteiger partial charge in [-0.1, -0.05) is 34.1 Å². The Morgan fingerprint density at radius 3 is 2.71 bits per heavy atom. The highest BCUT2D eigenvalue weighted by Gasteiger charge is 2.22. The van der Waals surface area contributed by atoms with Crippen LogP contribution in [-0.2, 0) is 18.3 Å². The highest BCUT2D eigenvalue weighted by Crippen LogP contribution is 2.24. The van der Waals surface area contributed by atoms with E-state index in [1.165, 1.54) is 0 Å². The molecule has 0 aromatic carbocycles. The number of rotatable bonds is 6. The van der Waals surface area contributed by atoms with Gasteiger partial charge in [-0.05, 0) is 24.6 Å². The first-order valence-corrected chi connectivity index (χ1v) is 10.6. The maximum Gasteiger partial charge on any atom is 0.162 e. The Labute approximate surface area is 182 Å². The molecule has 0 aliphatic rings. The number of aromatic nitrogens is 7. The Kier molecular flexibility index (Phi) is 5.63. The largest absolute Gasteiger partial charge is 0.296 e. The molecule has 0 N–H and O–H groups in total. The minimum atomic E-state index is -0.121. The molecule has 0 radical (unpaired) electrons. The van der Waals surface area contributed by atoms with Crippen molar-refractivity contribution in [3.05, 3.63) is 65.3 Å². The molecule has 0 saturated carbocycles. The van der Waals surface area contributed by atoms with Crippen LogP contribution in [0.1, 0.15) is 62.5 Å². The zero-order valence-electron chi connectivity index (χ0n) is 18.7. The summed E-state index contributed by atoms with van der Waals surface area (Å²) in [6, 6.07) is 5.89. The van der Waals surface area contributed by atoms with Crippen molar-refractivity contribution in [3.63, 3.8) is 0 Å². The molecule has 0 bridgehead atoms. The van der Waals surface area contributed by atoms with Crippen molar-refractivity contribution in [3.8, 4) is 5.82 Å². The topological polar surface area (TPSA) is 86.2 Å². The van der Waals surface area contributed by atoms with E-state index in [2.05, 4.69) is 47.9 Å². The summed E-state index contributed by atoms with van der Waals surface area (Å²) in [7, 11) is 1.75.